The normalized spacial score (nSPS) is 15.6. The highest BCUT2D eigenvalue weighted by Crippen LogP contribution is 2.32. The Labute approximate surface area is 154 Å². The maximum atomic E-state index is 12.8. The lowest BCUT2D eigenvalue weighted by atomic mass is 10.1. The fourth-order valence-corrected chi connectivity index (χ4v) is 3.87. The molecule has 126 valence electrons. The van der Waals surface area contributed by atoms with Gasteiger partial charge in [-0.15, -0.1) is 0 Å². The molecular formula is C19H14Cl2N2O2. The zero-order valence-corrected chi connectivity index (χ0v) is 14.9. The van der Waals surface area contributed by atoms with Gasteiger partial charge in [-0.25, -0.2) is 0 Å². The second kappa shape index (κ2) is 5.90. The second-order valence-corrected chi connectivity index (χ2v) is 7.01. The molecule has 1 atom stereocenters. The average molecular weight is 373 g/mol. The Hall–Kier alpha value is -2.30. The molecule has 2 aromatic carbocycles. The molecule has 0 spiro atoms. The summed E-state index contributed by atoms with van der Waals surface area (Å²) in [7, 11) is 0. The van der Waals surface area contributed by atoms with Crippen LogP contribution >= 0.6 is 23.2 Å². The molecule has 0 unspecified atom stereocenters. The summed E-state index contributed by atoms with van der Waals surface area (Å²) in [5.74, 6) is -0.518. The number of nitrogens with zero attached hydrogens (tertiary/aromatic N) is 1. The van der Waals surface area contributed by atoms with Gasteiger partial charge in [0.15, 0.2) is 0 Å². The number of rotatable bonds is 2. The quantitative estimate of drug-likeness (QED) is 0.709. The minimum absolute atomic E-state index is 0.0781. The lowest BCUT2D eigenvalue weighted by molar-refractivity contribution is 0.102. The van der Waals surface area contributed by atoms with Gasteiger partial charge in [-0.05, 0) is 37.1 Å². The molecular weight excluding hydrogens is 359 g/mol. The maximum absolute atomic E-state index is 12.8. The number of hydrogen-bond donors (Lipinski definition) is 1. The molecule has 3 aromatic rings. The van der Waals surface area contributed by atoms with Gasteiger partial charge < -0.3 is 9.88 Å². The first kappa shape index (κ1) is 16.2. The molecule has 0 aliphatic carbocycles. The van der Waals surface area contributed by atoms with Crippen molar-refractivity contribution in [2.24, 2.45) is 0 Å². The molecule has 0 saturated heterocycles. The predicted molar refractivity (Wildman–Crippen MR) is 101 cm³/mol. The lowest BCUT2D eigenvalue weighted by Gasteiger charge is -2.13. The molecule has 0 bridgehead atoms. The van der Waals surface area contributed by atoms with E-state index in [0.29, 0.717) is 21.1 Å². The molecule has 1 N–H and O–H groups in total. The largest absolute Gasteiger partial charge is 0.343 e. The molecule has 6 heteroatoms. The van der Waals surface area contributed by atoms with E-state index in [1.54, 1.807) is 30.5 Å². The number of nitrogens with one attached hydrogen (secondary N) is 1. The summed E-state index contributed by atoms with van der Waals surface area (Å²) in [6.07, 6.45) is 2.48. The first-order valence-electron chi connectivity index (χ1n) is 7.89. The second-order valence-electron chi connectivity index (χ2n) is 6.20. The number of hydrogen-bond acceptors (Lipinski definition) is 2. The number of pyridine rings is 1. The predicted octanol–water partition coefficient (Wildman–Crippen LogP) is 4.68. The van der Waals surface area contributed by atoms with Crippen molar-refractivity contribution in [2.75, 3.05) is 5.32 Å². The number of para-hydroxylation sites is 2. The zero-order valence-electron chi connectivity index (χ0n) is 13.3. The van der Waals surface area contributed by atoms with E-state index in [-0.39, 0.29) is 17.0 Å². The Morgan fingerprint density at radius 2 is 1.84 bits per heavy atom. The lowest BCUT2D eigenvalue weighted by Crippen LogP contribution is -2.24. The highest BCUT2D eigenvalue weighted by atomic mass is 35.5. The van der Waals surface area contributed by atoms with Crippen LogP contribution in [0, 0.1) is 0 Å². The number of amides is 1. The van der Waals surface area contributed by atoms with Crippen molar-refractivity contribution in [3.63, 3.8) is 0 Å². The number of anilines is 1. The van der Waals surface area contributed by atoms with Crippen molar-refractivity contribution in [1.29, 1.82) is 0 Å². The van der Waals surface area contributed by atoms with Gasteiger partial charge in [-0.2, -0.15) is 0 Å². The topological polar surface area (TPSA) is 51.1 Å². The molecule has 1 aliphatic rings. The summed E-state index contributed by atoms with van der Waals surface area (Å²) in [4.78, 5) is 25.6. The number of carbonyl (C=O) groups is 1. The van der Waals surface area contributed by atoms with Crippen LogP contribution in [0.2, 0.25) is 10.0 Å². The van der Waals surface area contributed by atoms with Gasteiger partial charge in [0.25, 0.3) is 5.91 Å². The summed E-state index contributed by atoms with van der Waals surface area (Å²) in [5.41, 5.74) is 2.13. The minimum atomic E-state index is -0.518. The van der Waals surface area contributed by atoms with E-state index in [0.717, 1.165) is 17.5 Å². The van der Waals surface area contributed by atoms with E-state index >= 15 is 0 Å². The van der Waals surface area contributed by atoms with Crippen LogP contribution in [0.5, 0.6) is 0 Å². The Morgan fingerprint density at radius 1 is 1.16 bits per heavy atom. The molecule has 2 heterocycles. The van der Waals surface area contributed by atoms with Crippen LogP contribution in [0.4, 0.5) is 5.69 Å². The average Bonchev–Trinajstić information content (AvgIpc) is 2.90. The zero-order chi connectivity index (χ0) is 17.7. The Morgan fingerprint density at radius 3 is 2.56 bits per heavy atom. The maximum Gasteiger partial charge on any atom is 0.261 e. The number of benzene rings is 2. The Bertz CT molecular complexity index is 1070. The third-order valence-electron chi connectivity index (χ3n) is 4.57. The van der Waals surface area contributed by atoms with Crippen LogP contribution in [-0.4, -0.2) is 10.5 Å². The van der Waals surface area contributed by atoms with Crippen molar-refractivity contribution in [3.8, 4) is 0 Å². The van der Waals surface area contributed by atoms with Crippen molar-refractivity contribution in [3.05, 3.63) is 74.0 Å². The van der Waals surface area contributed by atoms with E-state index in [1.165, 1.54) is 0 Å². The molecule has 1 aliphatic heterocycles. The van der Waals surface area contributed by atoms with E-state index in [9.17, 15) is 9.59 Å². The monoisotopic (exact) mass is 372 g/mol. The van der Waals surface area contributed by atoms with Crippen LogP contribution in [0.25, 0.3) is 10.9 Å². The van der Waals surface area contributed by atoms with Gasteiger partial charge in [-0.1, -0.05) is 41.4 Å². The molecule has 4 rings (SSSR count). The highest BCUT2D eigenvalue weighted by molar-refractivity contribution is 6.40. The van der Waals surface area contributed by atoms with E-state index < -0.39 is 5.91 Å². The third kappa shape index (κ3) is 2.53. The molecule has 0 radical (unpaired) electrons. The number of halogens is 2. The standard InChI is InChI=1S/C19H14Cl2N2O2/c1-10-8-11-4-2-5-12-17(11)23(10)9-13(18(12)24)19(25)22-16-14(20)6-3-7-15(16)21/h2-7,9-10H,8H2,1H3,(H,22,25)/t10-/m0/s1. The van der Waals surface area contributed by atoms with Crippen molar-refractivity contribution < 1.29 is 4.79 Å². The number of aromatic nitrogens is 1. The first-order chi connectivity index (χ1) is 12.0. The molecule has 0 fully saturated rings. The summed E-state index contributed by atoms with van der Waals surface area (Å²) < 4.78 is 2.00. The van der Waals surface area contributed by atoms with Gasteiger partial charge in [0.1, 0.15) is 5.56 Å². The van der Waals surface area contributed by atoms with E-state index in [1.807, 2.05) is 16.7 Å². The van der Waals surface area contributed by atoms with E-state index in [2.05, 4.69) is 12.2 Å². The smallest absolute Gasteiger partial charge is 0.261 e. The van der Waals surface area contributed by atoms with Crippen molar-refractivity contribution in [1.82, 2.24) is 4.57 Å². The van der Waals surface area contributed by atoms with Gasteiger partial charge in [-0.3, -0.25) is 9.59 Å². The van der Waals surface area contributed by atoms with Crippen LogP contribution in [0.1, 0.15) is 28.9 Å². The Kier molecular flexibility index (Phi) is 3.82. The van der Waals surface area contributed by atoms with Crippen LogP contribution in [-0.2, 0) is 6.42 Å². The summed E-state index contributed by atoms with van der Waals surface area (Å²) in [6, 6.07) is 10.8. The van der Waals surface area contributed by atoms with Gasteiger partial charge in [0, 0.05) is 17.6 Å². The molecule has 25 heavy (non-hydrogen) atoms. The highest BCUT2D eigenvalue weighted by Gasteiger charge is 2.24. The van der Waals surface area contributed by atoms with E-state index in [4.69, 9.17) is 23.2 Å². The van der Waals surface area contributed by atoms with Gasteiger partial charge in [0.2, 0.25) is 5.43 Å². The molecule has 4 nitrogen and oxygen atoms in total. The molecule has 1 amide bonds. The van der Waals surface area contributed by atoms with Gasteiger partial charge >= 0.3 is 0 Å². The van der Waals surface area contributed by atoms with Crippen LogP contribution in [0.3, 0.4) is 0 Å². The minimum Gasteiger partial charge on any atom is -0.343 e. The van der Waals surface area contributed by atoms with Crippen LogP contribution < -0.4 is 10.7 Å². The molecule has 0 saturated carbocycles. The Balaban J connectivity index is 1.85. The number of carbonyl (C=O) groups excluding carboxylic acids is 1. The third-order valence-corrected chi connectivity index (χ3v) is 5.20. The summed E-state index contributed by atoms with van der Waals surface area (Å²) in [6.45, 7) is 2.07. The van der Waals surface area contributed by atoms with Gasteiger partial charge in [0.05, 0.1) is 21.2 Å². The summed E-state index contributed by atoms with van der Waals surface area (Å²) in [5, 5.41) is 3.87. The molecule has 1 aromatic heterocycles. The first-order valence-corrected chi connectivity index (χ1v) is 8.65. The van der Waals surface area contributed by atoms with Crippen molar-refractivity contribution >= 4 is 45.7 Å². The fraction of sp³-hybridized carbons (Fsp3) is 0.158. The van der Waals surface area contributed by atoms with Crippen LogP contribution in [0.15, 0.2) is 47.4 Å². The summed E-state index contributed by atoms with van der Waals surface area (Å²) >= 11 is 12.2. The van der Waals surface area contributed by atoms with Crippen molar-refractivity contribution in [2.45, 2.75) is 19.4 Å². The SMILES string of the molecule is C[C@H]1Cc2cccc3c(=O)c(C(=O)Nc4c(Cl)cccc4Cl)cn1c23. The fourth-order valence-electron chi connectivity index (χ4n) is 3.38.